The summed E-state index contributed by atoms with van der Waals surface area (Å²) in [5.74, 6) is 0. The number of halogens is 3. The van der Waals surface area contributed by atoms with E-state index < -0.39 is 12.7 Å². The molecule has 1 heterocycles. The van der Waals surface area contributed by atoms with Crippen LogP contribution < -0.4 is 5.32 Å². The number of hydrogen-bond donors (Lipinski definition) is 1. The lowest BCUT2D eigenvalue weighted by atomic mass is 10.3. The van der Waals surface area contributed by atoms with Crippen molar-refractivity contribution < 1.29 is 22.6 Å². The van der Waals surface area contributed by atoms with Crippen molar-refractivity contribution in [2.45, 2.75) is 18.4 Å². The molecule has 0 amide bonds. The Bertz CT molecular complexity index is 214. The van der Waals surface area contributed by atoms with E-state index in [1.807, 2.05) is 4.90 Å². The van der Waals surface area contributed by atoms with Gasteiger partial charge in [0.15, 0.2) is 0 Å². The highest BCUT2D eigenvalue weighted by Gasteiger charge is 2.32. The Kier molecular flexibility index (Phi) is 5.64. The Labute approximate surface area is 99.1 Å². The van der Waals surface area contributed by atoms with Crippen molar-refractivity contribution in [2.75, 3.05) is 46.9 Å². The number of ether oxygens (including phenoxy) is 2. The largest absolute Gasteiger partial charge is 0.401 e. The van der Waals surface area contributed by atoms with Gasteiger partial charge in [0.1, 0.15) is 0 Å². The highest BCUT2D eigenvalue weighted by molar-refractivity contribution is 4.85. The van der Waals surface area contributed by atoms with E-state index in [0.717, 1.165) is 0 Å². The fraction of sp³-hybridized carbons (Fsp3) is 1.00. The molecular formula is C10H19F3N2O2. The van der Waals surface area contributed by atoms with Crippen molar-refractivity contribution in [3.63, 3.8) is 0 Å². The Morgan fingerprint density at radius 3 is 2.12 bits per heavy atom. The smallest absolute Gasteiger partial charge is 0.377 e. The Morgan fingerprint density at radius 2 is 1.71 bits per heavy atom. The molecular weight excluding hydrogens is 237 g/mol. The van der Waals surface area contributed by atoms with Crippen molar-refractivity contribution in [3.05, 3.63) is 0 Å². The summed E-state index contributed by atoms with van der Waals surface area (Å²) in [4.78, 5) is 2.03. The molecule has 2 unspecified atom stereocenters. The molecule has 1 N–H and O–H groups in total. The van der Waals surface area contributed by atoms with Crippen LogP contribution in [0.3, 0.4) is 0 Å². The van der Waals surface area contributed by atoms with E-state index in [-0.39, 0.29) is 12.2 Å². The molecule has 0 spiro atoms. The van der Waals surface area contributed by atoms with E-state index in [1.54, 1.807) is 14.2 Å². The van der Waals surface area contributed by atoms with E-state index in [1.165, 1.54) is 0 Å². The summed E-state index contributed by atoms with van der Waals surface area (Å²) < 4.78 is 46.1. The van der Waals surface area contributed by atoms with Gasteiger partial charge in [-0.1, -0.05) is 0 Å². The molecule has 1 rings (SSSR count). The highest BCUT2D eigenvalue weighted by Crippen LogP contribution is 2.15. The van der Waals surface area contributed by atoms with Gasteiger partial charge in [0.05, 0.1) is 18.8 Å². The fourth-order valence-corrected chi connectivity index (χ4v) is 1.92. The van der Waals surface area contributed by atoms with Crippen molar-refractivity contribution in [3.8, 4) is 0 Å². The van der Waals surface area contributed by atoms with Gasteiger partial charge >= 0.3 is 6.18 Å². The maximum Gasteiger partial charge on any atom is 0.401 e. The topological polar surface area (TPSA) is 33.7 Å². The monoisotopic (exact) mass is 256 g/mol. The van der Waals surface area contributed by atoms with Gasteiger partial charge in [-0.05, 0) is 0 Å². The van der Waals surface area contributed by atoms with Crippen LogP contribution in [0.5, 0.6) is 0 Å². The molecule has 0 bridgehead atoms. The molecule has 0 aromatic rings. The summed E-state index contributed by atoms with van der Waals surface area (Å²) in [7, 11) is 3.23. The molecule has 102 valence electrons. The predicted molar refractivity (Wildman–Crippen MR) is 57.0 cm³/mol. The van der Waals surface area contributed by atoms with Crippen LogP contribution >= 0.6 is 0 Å². The average molecular weight is 256 g/mol. The molecule has 0 aromatic carbocycles. The van der Waals surface area contributed by atoms with Crippen LogP contribution in [0.4, 0.5) is 13.2 Å². The molecule has 2 atom stereocenters. The number of methoxy groups -OCH3 is 2. The van der Waals surface area contributed by atoms with Crippen molar-refractivity contribution in [2.24, 2.45) is 0 Å². The van der Waals surface area contributed by atoms with Crippen molar-refractivity contribution in [1.29, 1.82) is 0 Å². The van der Waals surface area contributed by atoms with E-state index in [9.17, 15) is 13.2 Å². The van der Waals surface area contributed by atoms with Crippen LogP contribution in [0.2, 0.25) is 0 Å². The molecule has 1 aliphatic rings. The second-order valence-corrected chi connectivity index (χ2v) is 4.10. The number of rotatable bonds is 6. The molecule has 1 fully saturated rings. The number of nitrogens with one attached hydrogen (secondary N) is 1. The maximum absolute atomic E-state index is 11.9. The minimum Gasteiger partial charge on any atom is -0.377 e. The Balaban J connectivity index is 2.17. The first-order valence-corrected chi connectivity index (χ1v) is 5.51. The van der Waals surface area contributed by atoms with Gasteiger partial charge in [0.2, 0.25) is 0 Å². The maximum atomic E-state index is 11.9. The molecule has 0 saturated carbocycles. The first-order chi connectivity index (χ1) is 7.96. The molecule has 0 radical (unpaired) electrons. The van der Waals surface area contributed by atoms with Gasteiger partial charge in [-0.2, -0.15) is 13.2 Å². The zero-order valence-electron chi connectivity index (χ0n) is 10.1. The molecule has 17 heavy (non-hydrogen) atoms. The number of nitrogens with zero attached hydrogens (tertiary/aromatic N) is 1. The number of alkyl halides is 3. The lowest BCUT2D eigenvalue weighted by Crippen LogP contribution is -2.36. The Hall–Kier alpha value is -0.370. The van der Waals surface area contributed by atoms with Gasteiger partial charge in [-0.3, -0.25) is 4.90 Å². The first-order valence-electron chi connectivity index (χ1n) is 5.51. The van der Waals surface area contributed by atoms with Crippen LogP contribution in [0, 0.1) is 0 Å². The van der Waals surface area contributed by atoms with Crippen LogP contribution in [0.1, 0.15) is 0 Å². The van der Waals surface area contributed by atoms with Crippen LogP contribution in [-0.4, -0.2) is 70.2 Å². The fourth-order valence-electron chi connectivity index (χ4n) is 1.92. The summed E-state index contributed by atoms with van der Waals surface area (Å²) in [5.41, 5.74) is 0. The van der Waals surface area contributed by atoms with E-state index in [0.29, 0.717) is 26.2 Å². The van der Waals surface area contributed by atoms with Crippen LogP contribution in [0.15, 0.2) is 0 Å². The predicted octanol–water partition coefficient (Wildman–Crippen LogP) is 0.484. The van der Waals surface area contributed by atoms with Gasteiger partial charge in [0.25, 0.3) is 0 Å². The molecule has 0 aromatic heterocycles. The quantitative estimate of drug-likeness (QED) is 0.701. The molecule has 1 aliphatic heterocycles. The number of hydrogen-bond acceptors (Lipinski definition) is 4. The lowest BCUT2D eigenvalue weighted by Gasteiger charge is -2.15. The summed E-state index contributed by atoms with van der Waals surface area (Å²) in [5, 5.41) is 2.37. The Morgan fingerprint density at radius 1 is 1.18 bits per heavy atom. The minimum atomic E-state index is -4.14. The highest BCUT2D eigenvalue weighted by atomic mass is 19.4. The molecule has 1 saturated heterocycles. The van der Waals surface area contributed by atoms with Crippen LogP contribution in [0.25, 0.3) is 0 Å². The van der Waals surface area contributed by atoms with E-state index >= 15 is 0 Å². The van der Waals surface area contributed by atoms with Gasteiger partial charge in [-0.25, -0.2) is 0 Å². The van der Waals surface area contributed by atoms with E-state index in [2.05, 4.69) is 5.32 Å². The molecule has 4 nitrogen and oxygen atoms in total. The summed E-state index contributed by atoms with van der Waals surface area (Å²) in [6.07, 6.45) is -4.14. The van der Waals surface area contributed by atoms with Crippen molar-refractivity contribution in [1.82, 2.24) is 10.2 Å². The van der Waals surface area contributed by atoms with Crippen molar-refractivity contribution >= 4 is 0 Å². The average Bonchev–Trinajstić information content (AvgIpc) is 2.65. The van der Waals surface area contributed by atoms with Gasteiger partial charge < -0.3 is 14.8 Å². The lowest BCUT2D eigenvalue weighted by molar-refractivity contribution is -0.124. The third kappa shape index (κ3) is 5.20. The zero-order valence-corrected chi connectivity index (χ0v) is 10.1. The third-order valence-corrected chi connectivity index (χ3v) is 2.83. The summed E-state index contributed by atoms with van der Waals surface area (Å²) in [6.45, 7) is 1.33. The number of likely N-dealkylation sites (tertiary alicyclic amines) is 1. The van der Waals surface area contributed by atoms with E-state index in [4.69, 9.17) is 9.47 Å². The van der Waals surface area contributed by atoms with Crippen LogP contribution in [-0.2, 0) is 9.47 Å². The second-order valence-electron chi connectivity index (χ2n) is 4.10. The first kappa shape index (κ1) is 14.7. The van der Waals surface area contributed by atoms with Gasteiger partial charge in [0, 0.05) is 40.4 Å². The SMILES string of the molecule is COC1CN(CCNCC(F)(F)F)CC1OC. The summed E-state index contributed by atoms with van der Waals surface area (Å²) in [6, 6.07) is 0. The minimum absolute atomic E-state index is 0.00242. The molecule has 7 heteroatoms. The summed E-state index contributed by atoms with van der Waals surface area (Å²) >= 11 is 0. The normalized spacial score (nSPS) is 26.6. The zero-order chi connectivity index (χ0) is 12.9. The molecule has 0 aliphatic carbocycles. The standard InChI is InChI=1S/C10H19F3N2O2/c1-16-8-5-15(6-9(8)17-2)4-3-14-7-10(11,12)13/h8-9,14H,3-7H2,1-2H3. The van der Waals surface area contributed by atoms with Gasteiger partial charge in [-0.15, -0.1) is 0 Å². The second kappa shape index (κ2) is 6.53. The third-order valence-electron chi connectivity index (χ3n) is 2.83.